The van der Waals surface area contributed by atoms with Gasteiger partial charge in [0.15, 0.2) is 0 Å². The molecule has 0 unspecified atom stereocenters. The summed E-state index contributed by atoms with van der Waals surface area (Å²) in [7, 11) is 0. The van der Waals surface area contributed by atoms with Crippen molar-refractivity contribution < 1.29 is 27.2 Å². The molecule has 0 aliphatic rings. The standard InChI is InChI=1S/C20H14F4N4O3/c21-12-4-5-13(14(7-12)20(22,23)24)10-2-1-3-11(6-10)17-19(31)28(9-16(25)29)8-15(27-17)18(26)30/h1-8H,9H2,(H2,25,29)(H2,26,30). The lowest BCUT2D eigenvalue weighted by Crippen LogP contribution is -2.31. The minimum absolute atomic E-state index is 0.0250. The third-order valence-electron chi connectivity index (χ3n) is 4.29. The molecule has 0 aliphatic heterocycles. The number of aromatic nitrogens is 2. The minimum atomic E-state index is -4.83. The molecule has 0 saturated carbocycles. The number of nitrogens with zero attached hydrogens (tertiary/aromatic N) is 2. The smallest absolute Gasteiger partial charge is 0.368 e. The van der Waals surface area contributed by atoms with Crippen molar-refractivity contribution in [2.45, 2.75) is 12.7 Å². The van der Waals surface area contributed by atoms with E-state index in [-0.39, 0.29) is 28.1 Å². The van der Waals surface area contributed by atoms with Gasteiger partial charge in [0.05, 0.1) is 5.56 Å². The summed E-state index contributed by atoms with van der Waals surface area (Å²) in [5, 5.41) is 0. The molecule has 160 valence electrons. The van der Waals surface area contributed by atoms with Crippen LogP contribution in [-0.2, 0) is 17.5 Å². The summed E-state index contributed by atoms with van der Waals surface area (Å²) < 4.78 is 54.4. The predicted octanol–water partition coefficient (Wildman–Crippen LogP) is 2.32. The molecule has 3 rings (SSSR count). The zero-order valence-electron chi connectivity index (χ0n) is 15.6. The second kappa shape index (κ2) is 8.01. The molecule has 0 radical (unpaired) electrons. The van der Waals surface area contributed by atoms with Crippen LogP contribution in [0.5, 0.6) is 0 Å². The molecule has 11 heteroatoms. The summed E-state index contributed by atoms with van der Waals surface area (Å²) in [5.41, 5.74) is 7.41. The minimum Gasteiger partial charge on any atom is -0.368 e. The van der Waals surface area contributed by atoms with Crippen molar-refractivity contribution in [2.75, 3.05) is 0 Å². The van der Waals surface area contributed by atoms with Crippen LogP contribution in [0.1, 0.15) is 16.1 Å². The Kier molecular flexibility index (Phi) is 5.60. The van der Waals surface area contributed by atoms with E-state index in [1.165, 1.54) is 24.3 Å². The van der Waals surface area contributed by atoms with Crippen LogP contribution >= 0.6 is 0 Å². The van der Waals surface area contributed by atoms with Crippen LogP contribution in [0.25, 0.3) is 22.4 Å². The van der Waals surface area contributed by atoms with Gasteiger partial charge in [-0.3, -0.25) is 14.4 Å². The first-order chi connectivity index (χ1) is 14.5. The number of hydrogen-bond donors (Lipinski definition) is 2. The van der Waals surface area contributed by atoms with Crippen molar-refractivity contribution >= 4 is 11.8 Å². The quantitative estimate of drug-likeness (QED) is 0.599. The third kappa shape index (κ3) is 4.60. The normalized spacial score (nSPS) is 11.4. The molecule has 0 atom stereocenters. The van der Waals surface area contributed by atoms with E-state index in [0.717, 1.165) is 22.9 Å². The van der Waals surface area contributed by atoms with Gasteiger partial charge in [-0.15, -0.1) is 0 Å². The molecule has 0 aliphatic carbocycles. The van der Waals surface area contributed by atoms with Crippen molar-refractivity contribution in [1.82, 2.24) is 9.55 Å². The molecular weight excluding hydrogens is 420 g/mol. The second-order valence-electron chi connectivity index (χ2n) is 6.51. The number of benzene rings is 2. The summed E-state index contributed by atoms with van der Waals surface area (Å²) in [6.45, 7) is -0.565. The Labute approximate surface area is 171 Å². The number of alkyl halides is 3. The molecule has 3 aromatic rings. The molecule has 4 N–H and O–H groups in total. The van der Waals surface area contributed by atoms with E-state index in [0.29, 0.717) is 6.07 Å². The summed E-state index contributed by atoms with van der Waals surface area (Å²) in [4.78, 5) is 39.4. The molecule has 0 bridgehead atoms. The van der Waals surface area contributed by atoms with Gasteiger partial charge < -0.3 is 16.0 Å². The van der Waals surface area contributed by atoms with Gasteiger partial charge in [0.1, 0.15) is 23.7 Å². The molecule has 2 aromatic carbocycles. The van der Waals surface area contributed by atoms with Gasteiger partial charge in [-0.25, -0.2) is 9.37 Å². The lowest BCUT2D eigenvalue weighted by atomic mass is 9.97. The van der Waals surface area contributed by atoms with Crippen LogP contribution in [-0.4, -0.2) is 21.4 Å². The molecule has 31 heavy (non-hydrogen) atoms. The topological polar surface area (TPSA) is 121 Å². The van der Waals surface area contributed by atoms with Crippen molar-refractivity contribution in [1.29, 1.82) is 0 Å². The number of carbonyl (C=O) groups excluding carboxylic acids is 2. The Hall–Kier alpha value is -4.02. The van der Waals surface area contributed by atoms with E-state index in [1.54, 1.807) is 0 Å². The van der Waals surface area contributed by atoms with Crippen molar-refractivity contribution in [3.63, 3.8) is 0 Å². The Morgan fingerprint density at radius 3 is 2.32 bits per heavy atom. The fourth-order valence-electron chi connectivity index (χ4n) is 2.97. The number of amides is 2. The Bertz CT molecular complexity index is 1250. The monoisotopic (exact) mass is 434 g/mol. The van der Waals surface area contributed by atoms with E-state index in [4.69, 9.17) is 11.5 Å². The fourth-order valence-corrected chi connectivity index (χ4v) is 2.97. The first-order valence-electron chi connectivity index (χ1n) is 8.64. The Morgan fingerprint density at radius 1 is 1.03 bits per heavy atom. The number of hydrogen-bond acceptors (Lipinski definition) is 4. The van der Waals surface area contributed by atoms with Gasteiger partial charge in [0.2, 0.25) is 5.91 Å². The van der Waals surface area contributed by atoms with E-state index in [9.17, 15) is 31.9 Å². The van der Waals surface area contributed by atoms with E-state index >= 15 is 0 Å². The molecular formula is C20H14F4N4O3. The van der Waals surface area contributed by atoms with Crippen molar-refractivity contribution in [2.24, 2.45) is 11.5 Å². The number of halogens is 4. The lowest BCUT2D eigenvalue weighted by molar-refractivity contribution is -0.137. The lowest BCUT2D eigenvalue weighted by Gasteiger charge is -2.14. The van der Waals surface area contributed by atoms with Gasteiger partial charge >= 0.3 is 6.18 Å². The first-order valence-corrected chi connectivity index (χ1v) is 8.64. The SMILES string of the molecule is NC(=O)Cn1cc(C(N)=O)nc(-c2cccc(-c3ccc(F)cc3C(F)(F)F)c2)c1=O. The third-order valence-corrected chi connectivity index (χ3v) is 4.29. The highest BCUT2D eigenvalue weighted by Crippen LogP contribution is 2.38. The van der Waals surface area contributed by atoms with Crippen LogP contribution < -0.4 is 17.0 Å². The first kappa shape index (κ1) is 21.7. The van der Waals surface area contributed by atoms with E-state index in [1.807, 2.05) is 0 Å². The number of primary amides is 2. The number of rotatable bonds is 5. The maximum absolute atomic E-state index is 13.4. The van der Waals surface area contributed by atoms with Crippen LogP contribution in [0.2, 0.25) is 0 Å². The fraction of sp³-hybridized carbons (Fsp3) is 0.100. The molecule has 0 saturated heterocycles. The predicted molar refractivity (Wildman–Crippen MR) is 102 cm³/mol. The van der Waals surface area contributed by atoms with Crippen molar-refractivity contribution in [3.8, 4) is 22.4 Å². The molecule has 2 amide bonds. The Morgan fingerprint density at radius 2 is 1.71 bits per heavy atom. The highest BCUT2D eigenvalue weighted by molar-refractivity contribution is 5.91. The van der Waals surface area contributed by atoms with E-state index in [2.05, 4.69) is 4.98 Å². The molecule has 1 aromatic heterocycles. The Balaban J connectivity index is 2.22. The zero-order chi connectivity index (χ0) is 22.9. The highest BCUT2D eigenvalue weighted by atomic mass is 19.4. The average Bonchev–Trinajstić information content (AvgIpc) is 2.68. The largest absolute Gasteiger partial charge is 0.417 e. The molecule has 0 fully saturated rings. The number of nitrogens with two attached hydrogens (primary N) is 2. The van der Waals surface area contributed by atoms with Crippen LogP contribution in [0.3, 0.4) is 0 Å². The summed E-state index contributed by atoms with van der Waals surface area (Å²) in [6, 6.07) is 7.53. The molecule has 1 heterocycles. The summed E-state index contributed by atoms with van der Waals surface area (Å²) in [6.07, 6.45) is -3.86. The summed E-state index contributed by atoms with van der Waals surface area (Å²) >= 11 is 0. The van der Waals surface area contributed by atoms with Gasteiger partial charge in [0, 0.05) is 11.8 Å². The van der Waals surface area contributed by atoms with Crippen LogP contribution in [0, 0.1) is 5.82 Å². The average molecular weight is 434 g/mol. The van der Waals surface area contributed by atoms with Crippen LogP contribution in [0.4, 0.5) is 17.6 Å². The van der Waals surface area contributed by atoms with Gasteiger partial charge in [-0.1, -0.05) is 24.3 Å². The maximum Gasteiger partial charge on any atom is 0.417 e. The summed E-state index contributed by atoms with van der Waals surface area (Å²) in [5.74, 6) is -2.92. The molecule has 7 nitrogen and oxygen atoms in total. The second-order valence-corrected chi connectivity index (χ2v) is 6.51. The number of carbonyl (C=O) groups is 2. The highest BCUT2D eigenvalue weighted by Gasteiger charge is 2.34. The van der Waals surface area contributed by atoms with Crippen LogP contribution in [0.15, 0.2) is 53.5 Å². The zero-order valence-corrected chi connectivity index (χ0v) is 15.6. The maximum atomic E-state index is 13.4. The van der Waals surface area contributed by atoms with Crippen molar-refractivity contribution in [3.05, 3.63) is 76.1 Å². The van der Waals surface area contributed by atoms with Gasteiger partial charge in [0.25, 0.3) is 11.5 Å². The van der Waals surface area contributed by atoms with Gasteiger partial charge in [-0.2, -0.15) is 13.2 Å². The van der Waals surface area contributed by atoms with E-state index < -0.39 is 41.5 Å². The molecule has 0 spiro atoms. The van der Waals surface area contributed by atoms with Gasteiger partial charge in [-0.05, 0) is 29.3 Å².